The topological polar surface area (TPSA) is 100 Å². The van der Waals surface area contributed by atoms with Crippen molar-refractivity contribution in [3.63, 3.8) is 0 Å². The van der Waals surface area contributed by atoms with Gasteiger partial charge in [-0.05, 0) is 54.8 Å². The zero-order valence-corrected chi connectivity index (χ0v) is 24.4. The molecule has 1 fully saturated rings. The van der Waals surface area contributed by atoms with Crippen LogP contribution in [0.15, 0.2) is 42.6 Å². The molecule has 3 aromatic rings. The van der Waals surface area contributed by atoms with E-state index in [0.29, 0.717) is 74.0 Å². The van der Waals surface area contributed by atoms with Crippen LogP contribution in [0.5, 0.6) is 5.75 Å². The molecule has 0 spiro atoms. The first kappa shape index (κ1) is 32.1. The van der Waals surface area contributed by atoms with Crippen LogP contribution >= 0.6 is 0 Å². The van der Waals surface area contributed by atoms with Crippen molar-refractivity contribution < 1.29 is 45.7 Å². The van der Waals surface area contributed by atoms with Gasteiger partial charge in [0, 0.05) is 31.1 Å². The van der Waals surface area contributed by atoms with Crippen LogP contribution in [0.1, 0.15) is 53.8 Å². The number of morpholine rings is 1. The van der Waals surface area contributed by atoms with Crippen molar-refractivity contribution in [2.75, 3.05) is 48.5 Å². The maximum atomic E-state index is 13.6. The first-order valence-corrected chi connectivity index (χ1v) is 14.2. The predicted molar refractivity (Wildman–Crippen MR) is 153 cm³/mol. The lowest BCUT2D eigenvalue weighted by atomic mass is 9.90. The molecule has 15 heteroatoms. The number of nitrogens with zero attached hydrogens (tertiary/aromatic N) is 4. The molecule has 9 nitrogen and oxygen atoms in total. The Morgan fingerprint density at radius 2 is 1.71 bits per heavy atom. The highest BCUT2D eigenvalue weighted by atomic mass is 19.4. The number of rotatable bonds is 7. The molecule has 0 saturated carbocycles. The number of amides is 1. The van der Waals surface area contributed by atoms with Gasteiger partial charge in [-0.2, -0.15) is 26.3 Å². The molecule has 0 unspecified atom stereocenters. The van der Waals surface area contributed by atoms with E-state index in [1.54, 1.807) is 18.2 Å². The van der Waals surface area contributed by atoms with Crippen LogP contribution in [0.25, 0.3) is 0 Å². The molecule has 1 aromatic heterocycles. The Morgan fingerprint density at radius 1 is 1.04 bits per heavy atom. The summed E-state index contributed by atoms with van der Waals surface area (Å²) in [6.45, 7) is 3.47. The van der Waals surface area contributed by atoms with Crippen LogP contribution in [-0.2, 0) is 23.5 Å². The molecule has 242 valence electrons. The van der Waals surface area contributed by atoms with Gasteiger partial charge in [0.25, 0.3) is 0 Å². The Kier molecular flexibility index (Phi) is 9.01. The normalized spacial score (nSPS) is 18.8. The summed E-state index contributed by atoms with van der Waals surface area (Å²) in [6.07, 6.45) is -9.09. The third-order valence-electron chi connectivity index (χ3n) is 7.94. The number of carboxylic acid groups (broad SMARTS) is 1. The Hall–Kier alpha value is -4.27. The monoisotopic (exact) mass is 639 g/mol. The van der Waals surface area contributed by atoms with Crippen molar-refractivity contribution in [1.82, 2.24) is 9.97 Å². The molecule has 2 N–H and O–H groups in total. The number of benzene rings is 2. The SMILES string of the molecule is CC[C@@H]1C[C@H](Nc2ncc(N3CCOCC3)c(Cc3cc(C(F)(F)F)cc(C(F)(F)F)c3)n2)c2cc(OC)ccc2N1C(=O)O. The quantitative estimate of drug-likeness (QED) is 0.274. The first-order valence-electron chi connectivity index (χ1n) is 14.2. The molecular weight excluding hydrogens is 608 g/mol. The average Bonchev–Trinajstić information content (AvgIpc) is 3.00. The van der Waals surface area contributed by atoms with E-state index in [1.807, 2.05) is 11.8 Å². The molecule has 2 aliphatic heterocycles. The van der Waals surface area contributed by atoms with Gasteiger partial charge in [0.05, 0.1) is 60.8 Å². The van der Waals surface area contributed by atoms with Crippen molar-refractivity contribution in [2.45, 2.75) is 50.6 Å². The lowest BCUT2D eigenvalue weighted by Crippen LogP contribution is -2.45. The third-order valence-corrected chi connectivity index (χ3v) is 7.94. The summed E-state index contributed by atoms with van der Waals surface area (Å²) < 4.78 is 92.4. The van der Waals surface area contributed by atoms with Gasteiger partial charge in [-0.1, -0.05) is 6.92 Å². The highest BCUT2D eigenvalue weighted by molar-refractivity contribution is 5.89. The number of anilines is 3. The number of methoxy groups -OCH3 is 1. The van der Waals surface area contributed by atoms with E-state index in [2.05, 4.69) is 15.3 Å². The Morgan fingerprint density at radius 3 is 2.29 bits per heavy atom. The predicted octanol–water partition coefficient (Wildman–Crippen LogP) is 6.77. The van der Waals surface area contributed by atoms with E-state index in [0.717, 1.165) is 0 Å². The Bertz CT molecular complexity index is 1510. The van der Waals surface area contributed by atoms with Gasteiger partial charge < -0.3 is 24.8 Å². The maximum Gasteiger partial charge on any atom is 0.416 e. The van der Waals surface area contributed by atoms with Crippen molar-refractivity contribution in [1.29, 1.82) is 0 Å². The van der Waals surface area contributed by atoms with Gasteiger partial charge in [0.15, 0.2) is 0 Å². The van der Waals surface area contributed by atoms with E-state index in [9.17, 15) is 36.2 Å². The number of hydrogen-bond donors (Lipinski definition) is 2. The van der Waals surface area contributed by atoms with Gasteiger partial charge in [-0.3, -0.25) is 4.90 Å². The molecule has 2 atom stereocenters. The molecule has 0 radical (unpaired) electrons. The van der Waals surface area contributed by atoms with Crippen LogP contribution in [0.4, 0.5) is 48.5 Å². The number of halogens is 6. The number of aromatic nitrogens is 2. The zero-order chi connectivity index (χ0) is 32.5. The number of alkyl halides is 6. The lowest BCUT2D eigenvalue weighted by Gasteiger charge is -2.39. The molecule has 1 saturated heterocycles. The molecular formula is C30H31F6N5O4. The third kappa shape index (κ3) is 7.02. The van der Waals surface area contributed by atoms with E-state index in [1.165, 1.54) is 18.2 Å². The maximum absolute atomic E-state index is 13.6. The summed E-state index contributed by atoms with van der Waals surface area (Å²) in [7, 11) is 1.48. The van der Waals surface area contributed by atoms with Gasteiger partial charge in [0.2, 0.25) is 5.95 Å². The molecule has 0 bridgehead atoms. The zero-order valence-electron chi connectivity index (χ0n) is 24.4. The van der Waals surface area contributed by atoms with Crippen molar-refractivity contribution >= 4 is 23.4 Å². The second-order valence-corrected chi connectivity index (χ2v) is 10.8. The van der Waals surface area contributed by atoms with E-state index >= 15 is 0 Å². The number of ether oxygens (including phenoxy) is 2. The largest absolute Gasteiger partial charge is 0.497 e. The number of fused-ring (bicyclic) bond motifs is 1. The molecule has 2 aromatic carbocycles. The van der Waals surface area contributed by atoms with Crippen LogP contribution in [0.3, 0.4) is 0 Å². The summed E-state index contributed by atoms with van der Waals surface area (Å²) in [4.78, 5) is 24.4. The number of carbonyl (C=O) groups is 1. The minimum Gasteiger partial charge on any atom is -0.497 e. The number of nitrogens with one attached hydrogen (secondary N) is 1. The fraction of sp³-hybridized carbons (Fsp3) is 0.433. The summed E-state index contributed by atoms with van der Waals surface area (Å²) in [5.74, 6) is 0.581. The minimum atomic E-state index is -4.99. The molecule has 3 heterocycles. The average molecular weight is 640 g/mol. The summed E-state index contributed by atoms with van der Waals surface area (Å²) in [5, 5.41) is 13.2. The van der Waals surface area contributed by atoms with Gasteiger partial charge in [0.1, 0.15) is 5.75 Å². The van der Waals surface area contributed by atoms with Crippen molar-refractivity contribution in [3.8, 4) is 5.75 Å². The minimum absolute atomic E-state index is 0.0856. The van der Waals surface area contributed by atoms with Crippen LogP contribution in [-0.4, -0.2) is 60.6 Å². The molecule has 1 amide bonds. The molecule has 0 aliphatic carbocycles. The van der Waals surface area contributed by atoms with Crippen molar-refractivity contribution in [3.05, 3.63) is 70.5 Å². The van der Waals surface area contributed by atoms with Crippen LogP contribution in [0, 0.1) is 0 Å². The molecule has 45 heavy (non-hydrogen) atoms. The first-order chi connectivity index (χ1) is 21.3. The summed E-state index contributed by atoms with van der Waals surface area (Å²) in [5.41, 5.74) is -1.29. The second-order valence-electron chi connectivity index (χ2n) is 10.8. The standard InChI is InChI=1S/C30H31F6N5O4/c1-3-20-14-23(22-15-21(44-2)4-5-25(22)41(20)28(42)43)38-27-37-16-26(40-6-8-45-9-7-40)24(39-27)12-17-10-18(29(31,32)33)13-19(11-17)30(34,35)36/h4-5,10-11,13,15-16,20,23H,3,6-9,12,14H2,1-2H3,(H,42,43)(H,37,38,39)/t20-,23+/m1/s1. The highest BCUT2D eigenvalue weighted by Crippen LogP contribution is 2.42. The van der Waals surface area contributed by atoms with Crippen LogP contribution in [0.2, 0.25) is 0 Å². The summed E-state index contributed by atoms with van der Waals surface area (Å²) in [6, 6.07) is 5.63. The highest BCUT2D eigenvalue weighted by Gasteiger charge is 2.38. The smallest absolute Gasteiger partial charge is 0.416 e. The fourth-order valence-corrected chi connectivity index (χ4v) is 5.75. The fourth-order valence-electron chi connectivity index (χ4n) is 5.75. The van der Waals surface area contributed by atoms with Crippen molar-refractivity contribution in [2.24, 2.45) is 0 Å². The van der Waals surface area contributed by atoms with E-state index < -0.39 is 35.6 Å². The van der Waals surface area contributed by atoms with Crippen LogP contribution < -0.4 is 19.9 Å². The molecule has 2 aliphatic rings. The Balaban J connectivity index is 1.56. The summed E-state index contributed by atoms with van der Waals surface area (Å²) >= 11 is 0. The van der Waals surface area contributed by atoms with E-state index in [-0.39, 0.29) is 35.7 Å². The van der Waals surface area contributed by atoms with E-state index in [4.69, 9.17) is 9.47 Å². The van der Waals surface area contributed by atoms with Gasteiger partial charge in [-0.15, -0.1) is 0 Å². The lowest BCUT2D eigenvalue weighted by molar-refractivity contribution is -0.143. The van der Waals surface area contributed by atoms with Gasteiger partial charge >= 0.3 is 18.4 Å². The molecule has 5 rings (SSSR count). The Labute approximate surface area is 254 Å². The number of hydrogen-bond acceptors (Lipinski definition) is 7. The van der Waals surface area contributed by atoms with Gasteiger partial charge in [-0.25, -0.2) is 14.8 Å². The second kappa shape index (κ2) is 12.6.